The molecule has 0 unspecified atom stereocenters. The summed E-state index contributed by atoms with van der Waals surface area (Å²) in [4.78, 5) is 12.1. The zero-order valence-electron chi connectivity index (χ0n) is 15.6. The number of hydrazone groups is 1. The lowest BCUT2D eigenvalue weighted by molar-refractivity contribution is -0.119. The van der Waals surface area contributed by atoms with Gasteiger partial charge in [0.05, 0.1) is 24.4 Å². The number of nitrogens with one attached hydrogen (secondary N) is 1. The maximum absolute atomic E-state index is 12.2. The van der Waals surface area contributed by atoms with E-state index in [0.717, 1.165) is 10.6 Å². The Kier molecular flexibility index (Phi) is 6.30. The van der Waals surface area contributed by atoms with Crippen LogP contribution in [0.5, 0.6) is 11.5 Å². The van der Waals surface area contributed by atoms with E-state index >= 15 is 0 Å². The SMILES string of the molecule is CS(=O)(=O)N(CC(=O)N/N=C\c1ccco1)c1ccc(Oc2ccccc2)cc1. The third-order valence-electron chi connectivity index (χ3n) is 3.72. The number of rotatable bonds is 8. The van der Waals surface area contributed by atoms with Gasteiger partial charge in [-0.05, 0) is 48.5 Å². The number of anilines is 1. The van der Waals surface area contributed by atoms with Gasteiger partial charge in [-0.15, -0.1) is 0 Å². The Bertz CT molecular complexity index is 1060. The Morgan fingerprint density at radius 2 is 1.76 bits per heavy atom. The van der Waals surface area contributed by atoms with E-state index < -0.39 is 22.5 Å². The van der Waals surface area contributed by atoms with Crippen molar-refractivity contribution in [2.24, 2.45) is 5.10 Å². The standard InChI is InChI=1S/C20H19N3O5S/c1-29(25,26)23(15-20(24)22-21-14-19-8-5-13-27-19)16-9-11-18(12-10-16)28-17-6-3-2-4-7-17/h2-14H,15H2,1H3,(H,22,24)/b21-14-. The topological polar surface area (TPSA) is 101 Å². The molecule has 1 aromatic heterocycles. The van der Waals surface area contributed by atoms with Gasteiger partial charge in [0.15, 0.2) is 0 Å². The Morgan fingerprint density at radius 1 is 1.07 bits per heavy atom. The van der Waals surface area contributed by atoms with E-state index in [0.29, 0.717) is 22.9 Å². The van der Waals surface area contributed by atoms with Crippen molar-refractivity contribution in [1.29, 1.82) is 0 Å². The molecule has 0 spiro atoms. The zero-order valence-corrected chi connectivity index (χ0v) is 16.4. The summed E-state index contributed by atoms with van der Waals surface area (Å²) >= 11 is 0. The van der Waals surface area contributed by atoms with Crippen molar-refractivity contribution in [3.8, 4) is 11.5 Å². The molecule has 0 saturated heterocycles. The van der Waals surface area contributed by atoms with E-state index in [1.165, 1.54) is 12.5 Å². The minimum atomic E-state index is -3.69. The fraction of sp³-hybridized carbons (Fsp3) is 0.100. The number of para-hydroxylation sites is 1. The molecule has 1 N–H and O–H groups in total. The molecule has 1 heterocycles. The number of amides is 1. The number of sulfonamides is 1. The number of carbonyl (C=O) groups is 1. The van der Waals surface area contributed by atoms with E-state index in [1.807, 2.05) is 30.3 Å². The smallest absolute Gasteiger partial charge is 0.260 e. The van der Waals surface area contributed by atoms with Crippen molar-refractivity contribution < 1.29 is 22.4 Å². The summed E-state index contributed by atoms with van der Waals surface area (Å²) in [5.74, 6) is 1.07. The van der Waals surface area contributed by atoms with Crippen molar-refractivity contribution in [2.75, 3.05) is 17.1 Å². The van der Waals surface area contributed by atoms with E-state index in [2.05, 4.69) is 10.5 Å². The van der Waals surface area contributed by atoms with E-state index in [1.54, 1.807) is 36.4 Å². The van der Waals surface area contributed by atoms with Crippen LogP contribution in [0.1, 0.15) is 5.76 Å². The van der Waals surface area contributed by atoms with Crippen LogP contribution in [-0.2, 0) is 14.8 Å². The second-order valence-corrected chi connectivity index (χ2v) is 7.89. The fourth-order valence-electron chi connectivity index (χ4n) is 2.40. The van der Waals surface area contributed by atoms with Crippen molar-refractivity contribution >= 4 is 27.8 Å². The minimum Gasteiger partial charge on any atom is -0.463 e. The van der Waals surface area contributed by atoms with Crippen LogP contribution in [-0.4, -0.2) is 33.3 Å². The number of carbonyl (C=O) groups excluding carboxylic acids is 1. The maximum Gasteiger partial charge on any atom is 0.260 e. The Morgan fingerprint density at radius 3 is 2.38 bits per heavy atom. The van der Waals surface area contributed by atoms with Crippen molar-refractivity contribution in [2.45, 2.75) is 0 Å². The molecule has 0 aliphatic heterocycles. The average molecular weight is 413 g/mol. The van der Waals surface area contributed by atoms with Gasteiger partial charge in [0.25, 0.3) is 5.91 Å². The Hall–Kier alpha value is -3.59. The van der Waals surface area contributed by atoms with Crippen LogP contribution in [0.3, 0.4) is 0 Å². The van der Waals surface area contributed by atoms with Crippen molar-refractivity contribution in [3.63, 3.8) is 0 Å². The first-order valence-electron chi connectivity index (χ1n) is 8.58. The molecule has 3 aromatic rings. The highest BCUT2D eigenvalue weighted by Gasteiger charge is 2.20. The molecule has 2 aromatic carbocycles. The predicted octanol–water partition coefficient (Wildman–Crippen LogP) is 2.99. The van der Waals surface area contributed by atoms with Crippen LogP contribution in [0, 0.1) is 0 Å². The number of hydrogen-bond donors (Lipinski definition) is 1. The van der Waals surface area contributed by atoms with Gasteiger partial charge in [-0.2, -0.15) is 5.10 Å². The number of ether oxygens (including phenoxy) is 1. The predicted molar refractivity (Wildman–Crippen MR) is 110 cm³/mol. The lowest BCUT2D eigenvalue weighted by Crippen LogP contribution is -2.38. The molecule has 0 atom stereocenters. The van der Waals surface area contributed by atoms with E-state index in [-0.39, 0.29) is 0 Å². The van der Waals surface area contributed by atoms with Gasteiger partial charge in [-0.1, -0.05) is 18.2 Å². The number of nitrogens with zero attached hydrogens (tertiary/aromatic N) is 2. The molecule has 0 radical (unpaired) electrons. The van der Waals surface area contributed by atoms with Gasteiger partial charge in [-0.3, -0.25) is 9.10 Å². The molecular formula is C20H19N3O5S. The fourth-order valence-corrected chi connectivity index (χ4v) is 3.26. The molecule has 9 heteroatoms. The number of hydrogen-bond acceptors (Lipinski definition) is 6. The lowest BCUT2D eigenvalue weighted by Gasteiger charge is -2.21. The summed E-state index contributed by atoms with van der Waals surface area (Å²) < 4.78 is 36.1. The molecule has 0 aliphatic carbocycles. The van der Waals surface area contributed by atoms with Crippen LogP contribution >= 0.6 is 0 Å². The normalized spacial score (nSPS) is 11.3. The highest BCUT2D eigenvalue weighted by atomic mass is 32.2. The van der Waals surface area contributed by atoms with Gasteiger partial charge in [0.2, 0.25) is 10.0 Å². The van der Waals surface area contributed by atoms with Gasteiger partial charge >= 0.3 is 0 Å². The van der Waals surface area contributed by atoms with Gasteiger partial charge in [0.1, 0.15) is 23.8 Å². The van der Waals surface area contributed by atoms with Crippen molar-refractivity contribution in [3.05, 3.63) is 78.8 Å². The van der Waals surface area contributed by atoms with Crippen LogP contribution in [0.25, 0.3) is 0 Å². The third-order valence-corrected chi connectivity index (χ3v) is 4.86. The molecule has 29 heavy (non-hydrogen) atoms. The van der Waals surface area contributed by atoms with Crippen LogP contribution in [0.4, 0.5) is 5.69 Å². The first-order chi connectivity index (χ1) is 13.9. The molecule has 0 fully saturated rings. The summed E-state index contributed by atoms with van der Waals surface area (Å²) in [7, 11) is -3.69. The van der Waals surface area contributed by atoms with Gasteiger partial charge in [-0.25, -0.2) is 13.8 Å². The zero-order chi connectivity index (χ0) is 20.7. The summed E-state index contributed by atoms with van der Waals surface area (Å²) in [5.41, 5.74) is 2.61. The molecule has 0 aliphatic rings. The monoisotopic (exact) mass is 413 g/mol. The second-order valence-electron chi connectivity index (χ2n) is 5.99. The summed E-state index contributed by atoms with van der Waals surface area (Å²) in [6, 6.07) is 18.9. The van der Waals surface area contributed by atoms with Gasteiger partial charge < -0.3 is 9.15 Å². The largest absolute Gasteiger partial charge is 0.463 e. The summed E-state index contributed by atoms with van der Waals surface area (Å²) in [6.45, 7) is -0.423. The maximum atomic E-state index is 12.2. The second kappa shape index (κ2) is 9.07. The number of benzene rings is 2. The molecule has 8 nitrogen and oxygen atoms in total. The summed E-state index contributed by atoms with van der Waals surface area (Å²) in [5, 5.41) is 3.74. The lowest BCUT2D eigenvalue weighted by atomic mass is 10.3. The highest BCUT2D eigenvalue weighted by Crippen LogP contribution is 2.25. The molecule has 3 rings (SSSR count). The van der Waals surface area contributed by atoms with Crippen LogP contribution in [0.15, 0.2) is 82.5 Å². The minimum absolute atomic E-state index is 0.332. The van der Waals surface area contributed by atoms with Crippen LogP contribution in [0.2, 0.25) is 0 Å². The molecule has 150 valence electrons. The first-order valence-corrected chi connectivity index (χ1v) is 10.4. The molecule has 0 saturated carbocycles. The van der Waals surface area contributed by atoms with Crippen molar-refractivity contribution in [1.82, 2.24) is 5.43 Å². The summed E-state index contributed by atoms with van der Waals surface area (Å²) in [6.07, 6.45) is 3.82. The molecule has 0 bridgehead atoms. The number of furan rings is 1. The highest BCUT2D eigenvalue weighted by molar-refractivity contribution is 7.92. The molecule has 1 amide bonds. The van der Waals surface area contributed by atoms with E-state index in [9.17, 15) is 13.2 Å². The van der Waals surface area contributed by atoms with Crippen LogP contribution < -0.4 is 14.5 Å². The Balaban J connectivity index is 1.67. The van der Waals surface area contributed by atoms with Gasteiger partial charge in [0, 0.05) is 0 Å². The molecular weight excluding hydrogens is 394 g/mol. The quantitative estimate of drug-likeness (QED) is 0.452. The van der Waals surface area contributed by atoms with E-state index in [4.69, 9.17) is 9.15 Å². The third kappa shape index (κ3) is 5.94. The Labute approximate surface area is 168 Å². The first kappa shape index (κ1) is 20.2. The average Bonchev–Trinajstić information content (AvgIpc) is 3.20.